The van der Waals surface area contributed by atoms with Gasteiger partial charge in [-0.05, 0) is 66.8 Å². The van der Waals surface area contributed by atoms with Gasteiger partial charge < -0.3 is 15.3 Å². The third-order valence-corrected chi connectivity index (χ3v) is 7.48. The standard InChI is InChI=1S/C29H32FN3O2/c1-20-7-2-3-10-25(20)21-11-13-22(14-12-21)28-26-18-32(15-4-5-16-33(26)27(28)19-34)29(35)31-24-9-6-8-23(30)17-24/h2-3,6-14,17,26-28,34H,4-5,15-16,18-19H2,1H3,(H,31,35)/t26-,27+,28+/m1/s1. The first kappa shape index (κ1) is 23.5. The molecule has 0 bridgehead atoms. The molecule has 0 saturated carbocycles. The number of aliphatic hydroxyl groups excluding tert-OH is 1. The van der Waals surface area contributed by atoms with E-state index >= 15 is 0 Å². The Labute approximate surface area is 206 Å². The molecule has 5 rings (SSSR count). The first-order valence-electron chi connectivity index (χ1n) is 12.4. The highest BCUT2D eigenvalue weighted by atomic mass is 19.1. The molecule has 2 amide bonds. The molecule has 2 fully saturated rings. The molecule has 0 aliphatic carbocycles. The molecule has 35 heavy (non-hydrogen) atoms. The van der Waals surface area contributed by atoms with E-state index < -0.39 is 0 Å². The van der Waals surface area contributed by atoms with Crippen molar-refractivity contribution in [3.63, 3.8) is 0 Å². The number of anilines is 1. The third kappa shape index (κ3) is 4.81. The number of fused-ring (bicyclic) bond motifs is 1. The van der Waals surface area contributed by atoms with Gasteiger partial charge in [0, 0.05) is 36.8 Å². The van der Waals surface area contributed by atoms with E-state index in [1.165, 1.54) is 34.4 Å². The van der Waals surface area contributed by atoms with Gasteiger partial charge in [-0.3, -0.25) is 4.90 Å². The normalized spacial score (nSPS) is 22.5. The Morgan fingerprint density at radius 2 is 1.80 bits per heavy atom. The number of halogens is 1. The number of carbonyl (C=O) groups excluding carboxylic acids is 1. The molecule has 3 aromatic rings. The summed E-state index contributed by atoms with van der Waals surface area (Å²) in [4.78, 5) is 17.3. The van der Waals surface area contributed by atoms with Crippen LogP contribution in [-0.4, -0.2) is 59.3 Å². The van der Waals surface area contributed by atoms with Crippen molar-refractivity contribution in [2.45, 2.75) is 37.8 Å². The first-order chi connectivity index (χ1) is 17.0. The minimum atomic E-state index is -0.374. The Morgan fingerprint density at radius 1 is 1.03 bits per heavy atom. The van der Waals surface area contributed by atoms with E-state index in [0.717, 1.165) is 19.4 Å². The lowest BCUT2D eigenvalue weighted by atomic mass is 9.74. The average molecular weight is 474 g/mol. The second-order valence-corrected chi connectivity index (χ2v) is 9.61. The zero-order valence-corrected chi connectivity index (χ0v) is 20.0. The summed E-state index contributed by atoms with van der Waals surface area (Å²) in [5.74, 6) is -0.228. The van der Waals surface area contributed by atoms with Gasteiger partial charge in [0.05, 0.1) is 6.61 Å². The number of aryl methyl sites for hydroxylation is 1. The fraction of sp³-hybridized carbons (Fsp3) is 0.345. The van der Waals surface area contributed by atoms with Gasteiger partial charge in [-0.1, -0.05) is 54.6 Å². The number of aliphatic hydroxyl groups is 1. The van der Waals surface area contributed by atoms with Crippen LogP contribution in [0.2, 0.25) is 0 Å². The van der Waals surface area contributed by atoms with Crippen molar-refractivity contribution in [1.82, 2.24) is 9.80 Å². The Balaban J connectivity index is 1.35. The summed E-state index contributed by atoms with van der Waals surface area (Å²) in [6, 6.07) is 23.0. The summed E-state index contributed by atoms with van der Waals surface area (Å²) < 4.78 is 13.6. The monoisotopic (exact) mass is 473 g/mol. The van der Waals surface area contributed by atoms with Crippen LogP contribution >= 0.6 is 0 Å². The molecule has 6 heteroatoms. The quantitative estimate of drug-likeness (QED) is 0.544. The molecule has 0 aromatic heterocycles. The lowest BCUT2D eigenvalue weighted by molar-refractivity contribution is -0.0585. The largest absolute Gasteiger partial charge is 0.395 e. The summed E-state index contributed by atoms with van der Waals surface area (Å²) in [5.41, 5.74) is 5.28. The maximum absolute atomic E-state index is 13.6. The third-order valence-electron chi connectivity index (χ3n) is 7.48. The molecule has 2 aliphatic heterocycles. The Hall–Kier alpha value is -3.22. The van der Waals surface area contributed by atoms with Crippen LogP contribution in [0.25, 0.3) is 11.1 Å². The number of nitrogens with one attached hydrogen (secondary N) is 1. The zero-order chi connectivity index (χ0) is 24.4. The van der Waals surface area contributed by atoms with Crippen LogP contribution in [0.1, 0.15) is 29.9 Å². The van der Waals surface area contributed by atoms with Crippen molar-refractivity contribution in [2.75, 3.05) is 31.6 Å². The van der Waals surface area contributed by atoms with E-state index in [-0.39, 0.29) is 36.5 Å². The molecule has 0 radical (unpaired) electrons. The molecule has 2 heterocycles. The van der Waals surface area contributed by atoms with Crippen LogP contribution in [0.4, 0.5) is 14.9 Å². The van der Waals surface area contributed by atoms with Crippen LogP contribution in [0.15, 0.2) is 72.8 Å². The predicted molar refractivity (Wildman–Crippen MR) is 137 cm³/mol. The van der Waals surface area contributed by atoms with E-state index in [1.54, 1.807) is 12.1 Å². The second kappa shape index (κ2) is 10.2. The number of urea groups is 1. The Kier molecular flexibility index (Phi) is 6.84. The number of amides is 2. The summed E-state index contributed by atoms with van der Waals surface area (Å²) in [6.07, 6.45) is 1.86. The summed E-state index contributed by atoms with van der Waals surface area (Å²) in [7, 11) is 0. The number of hydrogen-bond acceptors (Lipinski definition) is 3. The van der Waals surface area contributed by atoms with Crippen molar-refractivity contribution in [1.29, 1.82) is 0 Å². The minimum Gasteiger partial charge on any atom is -0.395 e. The van der Waals surface area contributed by atoms with E-state index in [2.05, 4.69) is 59.6 Å². The lowest BCUT2D eigenvalue weighted by Crippen LogP contribution is -2.68. The van der Waals surface area contributed by atoms with Crippen molar-refractivity contribution >= 4 is 11.7 Å². The number of carbonyl (C=O) groups is 1. The second-order valence-electron chi connectivity index (χ2n) is 9.61. The zero-order valence-electron chi connectivity index (χ0n) is 20.0. The van der Waals surface area contributed by atoms with Crippen LogP contribution in [0.5, 0.6) is 0 Å². The smallest absolute Gasteiger partial charge is 0.321 e. The maximum Gasteiger partial charge on any atom is 0.321 e. The van der Waals surface area contributed by atoms with Crippen molar-refractivity contribution in [3.8, 4) is 11.1 Å². The number of hydrogen-bond donors (Lipinski definition) is 2. The predicted octanol–water partition coefficient (Wildman–Crippen LogP) is 5.26. The van der Waals surface area contributed by atoms with Crippen LogP contribution < -0.4 is 5.32 Å². The lowest BCUT2D eigenvalue weighted by Gasteiger charge is -2.57. The molecular formula is C29H32FN3O2. The van der Waals surface area contributed by atoms with Gasteiger partial charge in [-0.25, -0.2) is 9.18 Å². The molecule has 2 aliphatic rings. The van der Waals surface area contributed by atoms with Crippen LogP contribution in [0, 0.1) is 12.7 Å². The number of benzene rings is 3. The first-order valence-corrected chi connectivity index (χ1v) is 12.4. The van der Waals surface area contributed by atoms with Crippen molar-refractivity contribution in [2.24, 2.45) is 0 Å². The SMILES string of the molecule is Cc1ccccc1-c1ccc([C@H]2[C@H]3CN(C(=O)Nc4cccc(F)c4)CCCCN3[C@H]2CO)cc1. The summed E-state index contributed by atoms with van der Waals surface area (Å²) in [5, 5.41) is 13.1. The summed E-state index contributed by atoms with van der Waals surface area (Å²) in [6.45, 7) is 4.37. The molecule has 3 aromatic carbocycles. The maximum atomic E-state index is 13.6. The molecule has 0 unspecified atom stereocenters. The van der Waals surface area contributed by atoms with E-state index in [0.29, 0.717) is 18.8 Å². The molecule has 0 spiro atoms. The van der Waals surface area contributed by atoms with Gasteiger partial charge in [0.15, 0.2) is 0 Å². The van der Waals surface area contributed by atoms with Gasteiger partial charge in [0.2, 0.25) is 0 Å². The highest BCUT2D eigenvalue weighted by Crippen LogP contribution is 2.42. The van der Waals surface area contributed by atoms with E-state index in [9.17, 15) is 14.3 Å². The fourth-order valence-corrected chi connectivity index (χ4v) is 5.68. The van der Waals surface area contributed by atoms with E-state index in [1.807, 2.05) is 11.0 Å². The van der Waals surface area contributed by atoms with Gasteiger partial charge in [0.25, 0.3) is 0 Å². The van der Waals surface area contributed by atoms with Crippen LogP contribution in [-0.2, 0) is 0 Å². The van der Waals surface area contributed by atoms with Gasteiger partial charge in [0.1, 0.15) is 5.82 Å². The number of nitrogens with zero attached hydrogens (tertiary/aromatic N) is 2. The van der Waals surface area contributed by atoms with Gasteiger partial charge in [-0.15, -0.1) is 0 Å². The fourth-order valence-electron chi connectivity index (χ4n) is 5.68. The topological polar surface area (TPSA) is 55.8 Å². The van der Waals surface area contributed by atoms with Crippen molar-refractivity contribution in [3.05, 3.63) is 89.7 Å². The minimum absolute atomic E-state index is 0.0514. The van der Waals surface area contributed by atoms with Crippen molar-refractivity contribution < 1.29 is 14.3 Å². The summed E-state index contributed by atoms with van der Waals surface area (Å²) >= 11 is 0. The molecular weight excluding hydrogens is 441 g/mol. The molecule has 2 saturated heterocycles. The number of rotatable bonds is 4. The highest BCUT2D eigenvalue weighted by molar-refractivity contribution is 5.89. The Morgan fingerprint density at radius 3 is 2.54 bits per heavy atom. The van der Waals surface area contributed by atoms with Gasteiger partial charge in [-0.2, -0.15) is 0 Å². The van der Waals surface area contributed by atoms with Crippen LogP contribution in [0.3, 0.4) is 0 Å². The molecule has 3 atom stereocenters. The van der Waals surface area contributed by atoms with E-state index in [4.69, 9.17) is 0 Å². The highest BCUT2D eigenvalue weighted by Gasteiger charge is 2.49. The molecule has 5 nitrogen and oxygen atoms in total. The molecule has 2 N–H and O–H groups in total. The van der Waals surface area contributed by atoms with Gasteiger partial charge >= 0.3 is 6.03 Å². The Bertz CT molecular complexity index is 1180. The molecule has 182 valence electrons. The average Bonchev–Trinajstić information content (AvgIpc) is 2.84.